The van der Waals surface area contributed by atoms with Crippen LogP contribution in [0.2, 0.25) is 0 Å². The molecule has 1 aliphatic rings. The number of amides is 1. The Bertz CT molecular complexity index is 519. The molecule has 122 valence electrons. The van der Waals surface area contributed by atoms with Gasteiger partial charge in [0.05, 0.1) is 0 Å². The van der Waals surface area contributed by atoms with Gasteiger partial charge in [-0.05, 0) is 18.8 Å². The van der Waals surface area contributed by atoms with Gasteiger partial charge in [-0.2, -0.15) is 8.78 Å². The normalized spacial score (nSPS) is 15.6. The van der Waals surface area contributed by atoms with Gasteiger partial charge in [-0.25, -0.2) is 8.78 Å². The number of carbonyl (C=O) groups excluding carboxylic acids is 1. The van der Waals surface area contributed by atoms with Crippen molar-refractivity contribution in [1.82, 2.24) is 5.32 Å². The topological polar surface area (TPSA) is 38.3 Å². The summed E-state index contributed by atoms with van der Waals surface area (Å²) >= 11 is 0. The maximum Gasteiger partial charge on any atom is 0.257 e. The lowest BCUT2D eigenvalue weighted by molar-refractivity contribution is -0.123. The first-order valence-corrected chi connectivity index (χ1v) is 7.21. The maximum atomic E-state index is 13.3. The van der Waals surface area contributed by atoms with E-state index in [9.17, 15) is 22.4 Å². The second-order valence-electron chi connectivity index (χ2n) is 5.39. The zero-order valence-electron chi connectivity index (χ0n) is 11.9. The molecule has 0 aromatic heterocycles. The predicted molar refractivity (Wildman–Crippen MR) is 71.4 cm³/mol. The number of ether oxygens (including phenoxy) is 1. The van der Waals surface area contributed by atoms with Gasteiger partial charge in [0.15, 0.2) is 24.0 Å². The molecule has 0 unspecified atom stereocenters. The summed E-state index contributed by atoms with van der Waals surface area (Å²) in [4.78, 5) is 11.6. The van der Waals surface area contributed by atoms with Crippen molar-refractivity contribution in [3.8, 4) is 5.75 Å². The molecular weight excluding hydrogens is 302 g/mol. The molecule has 1 amide bonds. The van der Waals surface area contributed by atoms with E-state index in [-0.39, 0.29) is 6.07 Å². The average molecular weight is 319 g/mol. The lowest BCUT2D eigenvalue weighted by Gasteiger charge is -2.21. The minimum Gasteiger partial charge on any atom is -0.477 e. The van der Waals surface area contributed by atoms with Crippen molar-refractivity contribution >= 4 is 5.91 Å². The van der Waals surface area contributed by atoms with Crippen molar-refractivity contribution in [2.45, 2.75) is 32.1 Å². The first-order chi connectivity index (χ1) is 10.5. The van der Waals surface area contributed by atoms with E-state index in [1.165, 1.54) is 6.42 Å². The van der Waals surface area contributed by atoms with E-state index in [1.807, 2.05) is 0 Å². The van der Waals surface area contributed by atoms with Crippen LogP contribution in [0.1, 0.15) is 32.1 Å². The molecule has 0 aliphatic heterocycles. The second kappa shape index (κ2) is 7.47. The first kappa shape index (κ1) is 16.6. The van der Waals surface area contributed by atoms with Gasteiger partial charge < -0.3 is 10.1 Å². The Balaban J connectivity index is 1.86. The van der Waals surface area contributed by atoms with Crippen LogP contribution in [0.4, 0.5) is 17.6 Å². The molecule has 1 saturated carbocycles. The number of rotatable bonds is 5. The maximum absolute atomic E-state index is 13.3. The molecule has 0 spiro atoms. The largest absolute Gasteiger partial charge is 0.477 e. The zero-order chi connectivity index (χ0) is 16.1. The van der Waals surface area contributed by atoms with E-state index < -0.39 is 41.5 Å². The highest BCUT2D eigenvalue weighted by Gasteiger charge is 2.21. The number of halogens is 4. The molecule has 0 atom stereocenters. The Kier molecular flexibility index (Phi) is 5.63. The molecule has 1 N–H and O–H groups in total. The number of nitrogens with one attached hydrogen (secondary N) is 1. The van der Waals surface area contributed by atoms with Crippen LogP contribution in [-0.4, -0.2) is 19.1 Å². The highest BCUT2D eigenvalue weighted by atomic mass is 19.2. The number of benzene rings is 1. The highest BCUT2D eigenvalue weighted by Crippen LogP contribution is 2.26. The Labute approximate surface area is 125 Å². The number of carbonyl (C=O) groups is 1. The van der Waals surface area contributed by atoms with E-state index in [0.29, 0.717) is 12.5 Å². The van der Waals surface area contributed by atoms with Gasteiger partial charge in [-0.15, -0.1) is 0 Å². The van der Waals surface area contributed by atoms with Crippen molar-refractivity contribution in [3.63, 3.8) is 0 Å². The van der Waals surface area contributed by atoms with Gasteiger partial charge in [-0.3, -0.25) is 4.79 Å². The van der Waals surface area contributed by atoms with E-state index >= 15 is 0 Å². The average Bonchev–Trinajstić information content (AvgIpc) is 2.52. The fraction of sp³-hybridized carbons (Fsp3) is 0.533. The minimum atomic E-state index is -1.65. The van der Waals surface area contributed by atoms with Crippen LogP contribution in [0.25, 0.3) is 0 Å². The fourth-order valence-corrected chi connectivity index (χ4v) is 2.52. The lowest BCUT2D eigenvalue weighted by atomic mass is 9.89. The van der Waals surface area contributed by atoms with Crippen LogP contribution >= 0.6 is 0 Å². The molecule has 3 nitrogen and oxygen atoms in total. The molecule has 0 bridgehead atoms. The minimum absolute atomic E-state index is 0.0840. The van der Waals surface area contributed by atoms with E-state index in [4.69, 9.17) is 0 Å². The molecule has 2 rings (SSSR count). The van der Waals surface area contributed by atoms with Crippen molar-refractivity contribution in [3.05, 3.63) is 29.3 Å². The molecular formula is C15H17F4NO2. The van der Waals surface area contributed by atoms with Gasteiger partial charge in [0.1, 0.15) is 0 Å². The van der Waals surface area contributed by atoms with Crippen molar-refractivity contribution in [1.29, 1.82) is 0 Å². The van der Waals surface area contributed by atoms with Gasteiger partial charge in [-0.1, -0.05) is 19.3 Å². The third-order valence-corrected chi connectivity index (χ3v) is 3.73. The summed E-state index contributed by atoms with van der Waals surface area (Å²) in [5.41, 5.74) is 0. The highest BCUT2D eigenvalue weighted by molar-refractivity contribution is 5.77. The molecule has 22 heavy (non-hydrogen) atoms. The molecule has 1 fully saturated rings. The summed E-state index contributed by atoms with van der Waals surface area (Å²) in [7, 11) is 0. The summed E-state index contributed by atoms with van der Waals surface area (Å²) in [6.07, 6.45) is 5.49. The number of hydrogen-bond donors (Lipinski definition) is 1. The first-order valence-electron chi connectivity index (χ1n) is 7.21. The smallest absolute Gasteiger partial charge is 0.257 e. The lowest BCUT2D eigenvalue weighted by Crippen LogP contribution is -2.34. The van der Waals surface area contributed by atoms with Crippen LogP contribution in [0.3, 0.4) is 0 Å². The standard InChI is InChI=1S/C15H17F4NO2/c16-10-6-11(17)14(19)15(13(10)18)22-8-12(21)20-7-9-4-2-1-3-5-9/h6,9H,1-5,7-8H2,(H,20,21). The summed E-state index contributed by atoms with van der Waals surface area (Å²) in [5.74, 6) is -7.87. The summed E-state index contributed by atoms with van der Waals surface area (Å²) in [5, 5.41) is 2.59. The summed E-state index contributed by atoms with van der Waals surface area (Å²) in [6.45, 7) is -0.242. The molecule has 1 aromatic carbocycles. The number of hydrogen-bond acceptors (Lipinski definition) is 2. The Morgan fingerprint density at radius 3 is 2.27 bits per heavy atom. The van der Waals surface area contributed by atoms with E-state index in [2.05, 4.69) is 10.1 Å². The SMILES string of the molecule is O=C(COc1c(F)c(F)cc(F)c1F)NCC1CCCCC1. The third kappa shape index (κ3) is 4.11. The van der Waals surface area contributed by atoms with Crippen LogP contribution < -0.4 is 10.1 Å². The van der Waals surface area contributed by atoms with Crippen LogP contribution in [0.15, 0.2) is 6.07 Å². The van der Waals surface area contributed by atoms with Gasteiger partial charge in [0.25, 0.3) is 5.91 Å². The Morgan fingerprint density at radius 2 is 1.68 bits per heavy atom. The molecule has 1 aliphatic carbocycles. The molecule has 1 aromatic rings. The van der Waals surface area contributed by atoms with Crippen LogP contribution in [0, 0.1) is 29.2 Å². The van der Waals surface area contributed by atoms with Crippen LogP contribution in [0.5, 0.6) is 5.75 Å². The van der Waals surface area contributed by atoms with Gasteiger partial charge >= 0.3 is 0 Å². The summed E-state index contributed by atoms with van der Waals surface area (Å²) < 4.78 is 57.2. The molecule has 0 heterocycles. The van der Waals surface area contributed by atoms with Gasteiger partial charge in [0, 0.05) is 12.6 Å². The Morgan fingerprint density at radius 1 is 1.09 bits per heavy atom. The molecule has 7 heteroatoms. The van der Waals surface area contributed by atoms with E-state index in [0.717, 1.165) is 25.7 Å². The Hall–Kier alpha value is -1.79. The monoisotopic (exact) mass is 319 g/mol. The van der Waals surface area contributed by atoms with E-state index in [1.54, 1.807) is 0 Å². The predicted octanol–water partition coefficient (Wildman–Crippen LogP) is 3.32. The molecule has 0 radical (unpaired) electrons. The zero-order valence-corrected chi connectivity index (χ0v) is 11.9. The quantitative estimate of drug-likeness (QED) is 0.668. The van der Waals surface area contributed by atoms with Crippen molar-refractivity contribution < 1.29 is 27.1 Å². The third-order valence-electron chi connectivity index (χ3n) is 3.73. The summed E-state index contributed by atoms with van der Waals surface area (Å²) in [6, 6.07) is 0.0840. The van der Waals surface area contributed by atoms with Gasteiger partial charge in [0.2, 0.25) is 11.6 Å². The fourth-order valence-electron chi connectivity index (χ4n) is 2.52. The van der Waals surface area contributed by atoms with Crippen LogP contribution in [-0.2, 0) is 4.79 Å². The van der Waals surface area contributed by atoms with Crippen molar-refractivity contribution in [2.75, 3.05) is 13.2 Å². The molecule has 0 saturated heterocycles. The second-order valence-corrected chi connectivity index (χ2v) is 5.39. The van der Waals surface area contributed by atoms with Crippen molar-refractivity contribution in [2.24, 2.45) is 5.92 Å².